The van der Waals surface area contributed by atoms with Crippen LogP contribution in [0.2, 0.25) is 0 Å². The van der Waals surface area contributed by atoms with Crippen molar-refractivity contribution in [1.82, 2.24) is 8.61 Å². The van der Waals surface area contributed by atoms with Crippen LogP contribution < -0.4 is 5.32 Å². The fourth-order valence-corrected chi connectivity index (χ4v) is 5.77. The Morgan fingerprint density at radius 3 is 2.09 bits per heavy atom. The first kappa shape index (κ1) is 24.4. The van der Waals surface area contributed by atoms with E-state index in [2.05, 4.69) is 5.32 Å². The Morgan fingerprint density at radius 2 is 1.53 bits per heavy atom. The number of benzene rings is 2. The Morgan fingerprint density at radius 1 is 0.938 bits per heavy atom. The maximum absolute atomic E-state index is 12.7. The molecule has 0 bridgehead atoms. The second-order valence-electron chi connectivity index (χ2n) is 8.05. The summed E-state index contributed by atoms with van der Waals surface area (Å²) in [5.74, 6) is -0.505. The molecule has 0 aromatic heterocycles. The number of anilines is 1. The Labute approximate surface area is 190 Å². The lowest BCUT2D eigenvalue weighted by Gasteiger charge is -2.25. The fourth-order valence-electron chi connectivity index (χ4n) is 3.51. The summed E-state index contributed by atoms with van der Waals surface area (Å²) in [6.07, 6.45) is 3.81. The van der Waals surface area contributed by atoms with E-state index in [0.717, 1.165) is 41.0 Å². The van der Waals surface area contributed by atoms with E-state index >= 15 is 0 Å². The summed E-state index contributed by atoms with van der Waals surface area (Å²) < 4.78 is 52.4. The van der Waals surface area contributed by atoms with Crippen molar-refractivity contribution < 1.29 is 21.6 Å². The molecule has 174 valence electrons. The van der Waals surface area contributed by atoms with Crippen LogP contribution in [0, 0.1) is 6.92 Å². The van der Waals surface area contributed by atoms with Crippen LogP contribution in [0.4, 0.5) is 5.69 Å². The Hall–Kier alpha value is -2.27. The second kappa shape index (κ2) is 10.1. The summed E-state index contributed by atoms with van der Waals surface area (Å²) in [5.41, 5.74) is 2.24. The second-order valence-corrected chi connectivity index (χ2v) is 12.0. The maximum atomic E-state index is 12.7. The summed E-state index contributed by atoms with van der Waals surface area (Å²) in [7, 11) is -7.16. The molecule has 0 unspecified atom stereocenters. The lowest BCUT2D eigenvalue weighted by Crippen LogP contribution is -2.37. The zero-order valence-corrected chi connectivity index (χ0v) is 20.0. The van der Waals surface area contributed by atoms with E-state index in [4.69, 9.17) is 0 Å². The van der Waals surface area contributed by atoms with E-state index in [-0.39, 0.29) is 18.0 Å². The monoisotopic (exact) mass is 479 g/mol. The molecular weight excluding hydrogens is 450 g/mol. The van der Waals surface area contributed by atoms with Crippen molar-refractivity contribution in [3.05, 3.63) is 59.7 Å². The molecule has 0 radical (unpaired) electrons. The van der Waals surface area contributed by atoms with E-state index in [0.29, 0.717) is 18.8 Å². The van der Waals surface area contributed by atoms with Crippen molar-refractivity contribution in [2.24, 2.45) is 0 Å². The van der Waals surface area contributed by atoms with Crippen molar-refractivity contribution >= 4 is 31.6 Å². The topological polar surface area (TPSA) is 104 Å². The molecule has 0 aliphatic carbocycles. The molecule has 0 spiro atoms. The van der Waals surface area contributed by atoms with Gasteiger partial charge < -0.3 is 5.32 Å². The number of piperidine rings is 1. The van der Waals surface area contributed by atoms with Crippen LogP contribution in [-0.2, 0) is 31.4 Å². The van der Waals surface area contributed by atoms with E-state index in [1.165, 1.54) is 28.6 Å². The third kappa shape index (κ3) is 6.38. The van der Waals surface area contributed by atoms with Crippen LogP contribution in [0.3, 0.4) is 0 Å². The van der Waals surface area contributed by atoms with Gasteiger partial charge in [-0.25, -0.2) is 16.8 Å². The first-order valence-electron chi connectivity index (χ1n) is 10.5. The Bertz CT molecular complexity index is 1140. The summed E-state index contributed by atoms with van der Waals surface area (Å²) in [5, 5.41) is 2.64. The van der Waals surface area contributed by atoms with Gasteiger partial charge in [0.1, 0.15) is 0 Å². The van der Waals surface area contributed by atoms with E-state index in [1.54, 1.807) is 0 Å². The van der Waals surface area contributed by atoms with Crippen LogP contribution in [0.5, 0.6) is 0 Å². The molecule has 10 heteroatoms. The van der Waals surface area contributed by atoms with E-state index in [1.807, 2.05) is 31.2 Å². The molecule has 1 fully saturated rings. The molecule has 1 saturated heterocycles. The zero-order valence-electron chi connectivity index (χ0n) is 18.3. The van der Waals surface area contributed by atoms with Gasteiger partial charge in [0.2, 0.25) is 26.0 Å². The fraction of sp³-hybridized carbons (Fsp3) is 0.409. The minimum Gasteiger partial charge on any atom is -0.325 e. The third-order valence-electron chi connectivity index (χ3n) is 5.36. The molecule has 2 aromatic carbocycles. The molecule has 1 aliphatic rings. The predicted molar refractivity (Wildman–Crippen MR) is 124 cm³/mol. The van der Waals surface area contributed by atoms with Gasteiger partial charge in [-0.2, -0.15) is 8.61 Å². The zero-order chi connectivity index (χ0) is 23.4. The molecule has 32 heavy (non-hydrogen) atoms. The molecule has 1 aliphatic heterocycles. The molecular formula is C22H29N3O5S2. The highest BCUT2D eigenvalue weighted by Crippen LogP contribution is 2.22. The van der Waals surface area contributed by atoms with Gasteiger partial charge in [-0.1, -0.05) is 36.2 Å². The van der Waals surface area contributed by atoms with Gasteiger partial charge in [-0.15, -0.1) is 0 Å². The normalized spacial score (nSPS) is 15.6. The van der Waals surface area contributed by atoms with Gasteiger partial charge >= 0.3 is 0 Å². The van der Waals surface area contributed by atoms with E-state index < -0.39 is 26.0 Å². The molecule has 2 aromatic rings. The van der Waals surface area contributed by atoms with Crippen LogP contribution in [0.15, 0.2) is 53.4 Å². The van der Waals surface area contributed by atoms with Gasteiger partial charge in [0.05, 0.1) is 17.7 Å². The molecule has 8 nitrogen and oxygen atoms in total. The van der Waals surface area contributed by atoms with Gasteiger partial charge in [-0.3, -0.25) is 4.79 Å². The van der Waals surface area contributed by atoms with Crippen LogP contribution in [0.25, 0.3) is 0 Å². The Kier molecular flexibility index (Phi) is 7.71. The average Bonchev–Trinajstić information content (AvgIpc) is 2.75. The lowest BCUT2D eigenvalue weighted by atomic mass is 10.1. The van der Waals surface area contributed by atoms with Crippen molar-refractivity contribution in [2.45, 2.75) is 37.6 Å². The average molecular weight is 480 g/mol. The lowest BCUT2D eigenvalue weighted by molar-refractivity contribution is -0.116. The smallest absolute Gasteiger partial charge is 0.243 e. The number of nitrogens with zero attached hydrogens (tertiary/aromatic N) is 2. The SMILES string of the molecule is Cc1ccc(CN(CC(=O)Nc2ccc(S(=O)(=O)N3CCCCC3)cc2)S(C)(=O)=O)cc1. The van der Waals surface area contributed by atoms with Crippen molar-refractivity contribution in [3.8, 4) is 0 Å². The first-order valence-corrected chi connectivity index (χ1v) is 13.8. The minimum absolute atomic E-state index is 0.0829. The molecule has 0 atom stereocenters. The Balaban J connectivity index is 1.65. The quantitative estimate of drug-likeness (QED) is 0.627. The molecule has 0 saturated carbocycles. The molecule has 3 rings (SSSR count). The number of aryl methyl sites for hydroxylation is 1. The molecule has 1 N–H and O–H groups in total. The van der Waals surface area contributed by atoms with Crippen molar-refractivity contribution in [3.63, 3.8) is 0 Å². The van der Waals surface area contributed by atoms with Crippen LogP contribution in [-0.4, -0.2) is 57.2 Å². The van der Waals surface area contributed by atoms with Crippen molar-refractivity contribution in [2.75, 3.05) is 31.2 Å². The summed E-state index contributed by atoms with van der Waals surface area (Å²) in [6.45, 7) is 2.71. The summed E-state index contributed by atoms with van der Waals surface area (Å²) in [4.78, 5) is 12.7. The highest BCUT2D eigenvalue weighted by atomic mass is 32.2. The largest absolute Gasteiger partial charge is 0.325 e. The highest BCUT2D eigenvalue weighted by Gasteiger charge is 2.26. The van der Waals surface area contributed by atoms with Crippen LogP contribution >= 0.6 is 0 Å². The summed E-state index contributed by atoms with van der Waals surface area (Å²) >= 11 is 0. The van der Waals surface area contributed by atoms with Gasteiger partial charge in [0, 0.05) is 25.3 Å². The van der Waals surface area contributed by atoms with Crippen LogP contribution in [0.1, 0.15) is 30.4 Å². The van der Waals surface area contributed by atoms with Gasteiger partial charge in [0.25, 0.3) is 0 Å². The third-order valence-corrected chi connectivity index (χ3v) is 8.47. The number of amides is 1. The maximum Gasteiger partial charge on any atom is 0.243 e. The first-order chi connectivity index (χ1) is 15.1. The minimum atomic E-state index is -3.61. The van der Waals surface area contributed by atoms with Gasteiger partial charge in [0.15, 0.2) is 0 Å². The number of carbonyl (C=O) groups is 1. The van der Waals surface area contributed by atoms with Gasteiger partial charge in [-0.05, 0) is 49.6 Å². The van der Waals surface area contributed by atoms with Crippen molar-refractivity contribution in [1.29, 1.82) is 0 Å². The molecule has 1 amide bonds. The number of nitrogens with one attached hydrogen (secondary N) is 1. The predicted octanol–water partition coefficient (Wildman–Crippen LogP) is 2.57. The number of sulfonamides is 2. The number of carbonyl (C=O) groups excluding carboxylic acids is 1. The standard InChI is InChI=1S/C22H29N3O5S2/c1-18-6-8-19(9-7-18)16-25(31(2,27)28)17-22(26)23-20-10-12-21(13-11-20)32(29,30)24-14-4-3-5-15-24/h6-13H,3-5,14-17H2,1-2H3,(H,23,26). The molecule has 1 heterocycles. The summed E-state index contributed by atoms with van der Waals surface area (Å²) in [6, 6.07) is 13.4. The number of rotatable bonds is 8. The van der Waals surface area contributed by atoms with E-state index in [9.17, 15) is 21.6 Å². The highest BCUT2D eigenvalue weighted by molar-refractivity contribution is 7.89. The number of hydrogen-bond acceptors (Lipinski definition) is 5. The number of hydrogen-bond donors (Lipinski definition) is 1.